The molecule has 2 aromatic carbocycles. The van der Waals surface area contributed by atoms with Gasteiger partial charge in [0.25, 0.3) is 0 Å². The molecule has 2 N–H and O–H groups in total. The highest BCUT2D eigenvalue weighted by atomic mass is 32.2. The molecule has 0 aliphatic heterocycles. The summed E-state index contributed by atoms with van der Waals surface area (Å²) in [6.07, 6.45) is 1.70. The first kappa shape index (κ1) is 19.0. The smallest absolute Gasteiger partial charge is 0.180 e. The predicted molar refractivity (Wildman–Crippen MR) is 107 cm³/mol. The van der Waals surface area contributed by atoms with Crippen LogP contribution in [0.4, 0.5) is 0 Å². The average molecular weight is 356 g/mol. The number of nitrogens with two attached hydrogens (primary N) is 1. The maximum absolute atomic E-state index is 5.90. The van der Waals surface area contributed by atoms with E-state index in [4.69, 9.17) is 10.5 Å². The maximum atomic E-state index is 5.90. The molecule has 0 saturated heterocycles. The minimum absolute atomic E-state index is 0.446. The Bertz CT molecular complexity index is 729. The van der Waals surface area contributed by atoms with Crippen LogP contribution in [0.25, 0.3) is 0 Å². The molecule has 0 amide bonds. The molecule has 0 fully saturated rings. The zero-order valence-electron chi connectivity index (χ0n) is 14.8. The molecule has 0 aliphatic rings. The summed E-state index contributed by atoms with van der Waals surface area (Å²) in [4.78, 5) is 2.09. The van der Waals surface area contributed by atoms with Crippen molar-refractivity contribution < 1.29 is 4.74 Å². The van der Waals surface area contributed by atoms with Crippen LogP contribution in [0.3, 0.4) is 0 Å². The molecule has 0 heterocycles. The molecule has 0 radical (unpaired) electrons. The number of benzene rings is 2. The number of nitrogens with zero attached hydrogens (tertiary/aromatic N) is 3. The first-order valence-corrected chi connectivity index (χ1v) is 8.92. The molecule has 0 spiro atoms. The lowest BCUT2D eigenvalue weighted by atomic mass is 10.1. The van der Waals surface area contributed by atoms with Gasteiger partial charge in [-0.05, 0) is 43.4 Å². The quantitative estimate of drug-likeness (QED) is 0.469. The van der Waals surface area contributed by atoms with E-state index in [-0.39, 0.29) is 0 Å². The van der Waals surface area contributed by atoms with Crippen LogP contribution >= 0.6 is 11.8 Å². The van der Waals surface area contributed by atoms with E-state index in [9.17, 15) is 0 Å². The molecule has 0 unspecified atom stereocenters. The summed E-state index contributed by atoms with van der Waals surface area (Å²) < 4.78 is 5.40. The van der Waals surface area contributed by atoms with E-state index in [2.05, 4.69) is 27.2 Å². The van der Waals surface area contributed by atoms with Gasteiger partial charge in [-0.1, -0.05) is 42.1 Å². The second-order valence-electron chi connectivity index (χ2n) is 5.77. The van der Waals surface area contributed by atoms with Crippen molar-refractivity contribution in [1.82, 2.24) is 4.90 Å². The van der Waals surface area contributed by atoms with Crippen LogP contribution in [0.5, 0.6) is 5.75 Å². The third-order valence-corrected chi connectivity index (χ3v) is 4.24. The first-order chi connectivity index (χ1) is 12.1. The Balaban J connectivity index is 1.98. The molecule has 2 rings (SSSR count). The van der Waals surface area contributed by atoms with E-state index in [0.717, 1.165) is 29.2 Å². The van der Waals surface area contributed by atoms with Crippen LogP contribution < -0.4 is 10.5 Å². The topological polar surface area (TPSA) is 63.2 Å². The Morgan fingerprint density at radius 2 is 1.96 bits per heavy atom. The van der Waals surface area contributed by atoms with Crippen molar-refractivity contribution in [3.63, 3.8) is 0 Å². The van der Waals surface area contributed by atoms with E-state index in [1.165, 1.54) is 17.3 Å². The van der Waals surface area contributed by atoms with Crippen LogP contribution in [0.2, 0.25) is 0 Å². The SMILES string of the molecule is COc1ccc(C=NN=C(N)SCc2ccccc2)cc1CN(C)C. The van der Waals surface area contributed by atoms with Gasteiger partial charge in [0.05, 0.1) is 13.3 Å². The molecule has 0 atom stereocenters. The monoisotopic (exact) mass is 356 g/mol. The third-order valence-electron chi connectivity index (χ3n) is 3.38. The minimum Gasteiger partial charge on any atom is -0.496 e. The third kappa shape index (κ3) is 6.60. The lowest BCUT2D eigenvalue weighted by molar-refractivity contribution is 0.372. The van der Waals surface area contributed by atoms with Gasteiger partial charge < -0.3 is 15.4 Å². The summed E-state index contributed by atoms with van der Waals surface area (Å²) in [5, 5.41) is 8.59. The van der Waals surface area contributed by atoms with Crippen LogP contribution in [-0.4, -0.2) is 37.5 Å². The highest BCUT2D eigenvalue weighted by Gasteiger charge is 2.05. The second kappa shape index (κ2) is 9.86. The number of hydrogen-bond donors (Lipinski definition) is 1. The fraction of sp³-hybridized carbons (Fsp3) is 0.263. The van der Waals surface area contributed by atoms with Crippen molar-refractivity contribution in [2.75, 3.05) is 21.2 Å². The van der Waals surface area contributed by atoms with Crippen molar-refractivity contribution in [1.29, 1.82) is 0 Å². The fourth-order valence-electron chi connectivity index (χ4n) is 2.26. The summed E-state index contributed by atoms with van der Waals surface area (Å²) in [5.74, 6) is 1.65. The van der Waals surface area contributed by atoms with E-state index >= 15 is 0 Å². The molecular formula is C19H24N4OS. The van der Waals surface area contributed by atoms with Crippen molar-refractivity contribution in [2.45, 2.75) is 12.3 Å². The molecule has 0 aliphatic carbocycles. The largest absolute Gasteiger partial charge is 0.496 e. The van der Waals surface area contributed by atoms with Gasteiger partial charge in [0.15, 0.2) is 5.17 Å². The van der Waals surface area contributed by atoms with Crippen molar-refractivity contribution >= 4 is 23.1 Å². The summed E-state index contributed by atoms with van der Waals surface area (Å²) in [5.41, 5.74) is 9.17. The lowest BCUT2D eigenvalue weighted by Gasteiger charge is -2.13. The average Bonchev–Trinajstić information content (AvgIpc) is 2.60. The molecule has 0 saturated carbocycles. The molecule has 132 valence electrons. The number of rotatable bonds is 7. The fourth-order valence-corrected chi connectivity index (χ4v) is 2.87. The molecule has 5 nitrogen and oxygen atoms in total. The zero-order valence-corrected chi connectivity index (χ0v) is 15.7. The summed E-state index contributed by atoms with van der Waals surface area (Å²) in [6, 6.07) is 16.1. The van der Waals surface area contributed by atoms with Gasteiger partial charge in [-0.25, -0.2) is 0 Å². The number of hydrogen-bond acceptors (Lipinski definition) is 5. The van der Waals surface area contributed by atoms with E-state index in [1.54, 1.807) is 13.3 Å². The minimum atomic E-state index is 0.446. The van der Waals surface area contributed by atoms with Crippen LogP contribution in [0, 0.1) is 0 Å². The molecular weight excluding hydrogens is 332 g/mol. The Morgan fingerprint density at radius 1 is 1.20 bits per heavy atom. The molecule has 0 aromatic heterocycles. The van der Waals surface area contributed by atoms with Gasteiger partial charge in [-0.15, -0.1) is 5.10 Å². The van der Waals surface area contributed by atoms with Gasteiger partial charge in [0, 0.05) is 17.9 Å². The summed E-state index contributed by atoms with van der Waals surface area (Å²) >= 11 is 1.47. The van der Waals surface area contributed by atoms with E-state index in [1.807, 2.05) is 50.5 Å². The van der Waals surface area contributed by atoms with Crippen LogP contribution in [0.15, 0.2) is 58.7 Å². The Labute approximate surface area is 153 Å². The van der Waals surface area contributed by atoms with Crippen molar-refractivity contribution in [2.24, 2.45) is 15.9 Å². The number of amidine groups is 1. The van der Waals surface area contributed by atoms with Crippen LogP contribution in [0.1, 0.15) is 16.7 Å². The zero-order chi connectivity index (χ0) is 18.1. The molecule has 2 aromatic rings. The number of thioether (sulfide) groups is 1. The Morgan fingerprint density at radius 3 is 2.64 bits per heavy atom. The predicted octanol–water partition coefficient (Wildman–Crippen LogP) is 3.34. The van der Waals surface area contributed by atoms with E-state index in [0.29, 0.717) is 5.17 Å². The maximum Gasteiger partial charge on any atom is 0.180 e. The first-order valence-electron chi connectivity index (χ1n) is 7.93. The van der Waals surface area contributed by atoms with Gasteiger partial charge in [0.1, 0.15) is 5.75 Å². The van der Waals surface area contributed by atoms with Gasteiger partial charge in [-0.2, -0.15) is 5.10 Å². The standard InChI is InChI=1S/C19H24N4OS/c1-23(2)13-17-11-16(9-10-18(17)24-3)12-21-22-19(20)25-14-15-7-5-4-6-8-15/h4-12H,13-14H2,1-3H3,(H2,20,22). The highest BCUT2D eigenvalue weighted by molar-refractivity contribution is 8.13. The van der Waals surface area contributed by atoms with Gasteiger partial charge in [0.2, 0.25) is 0 Å². The number of ether oxygens (including phenoxy) is 1. The Kier molecular flexibility index (Phi) is 7.50. The van der Waals surface area contributed by atoms with Crippen molar-refractivity contribution in [3.8, 4) is 5.75 Å². The highest BCUT2D eigenvalue weighted by Crippen LogP contribution is 2.20. The molecule has 6 heteroatoms. The lowest BCUT2D eigenvalue weighted by Crippen LogP contribution is -2.11. The normalized spacial score (nSPS) is 12.1. The summed E-state index contributed by atoms with van der Waals surface area (Å²) in [6.45, 7) is 0.795. The van der Waals surface area contributed by atoms with Crippen LogP contribution in [-0.2, 0) is 12.3 Å². The van der Waals surface area contributed by atoms with Crippen molar-refractivity contribution in [3.05, 3.63) is 65.2 Å². The molecule has 25 heavy (non-hydrogen) atoms. The number of methoxy groups -OCH3 is 1. The van der Waals surface area contributed by atoms with Gasteiger partial charge in [-0.3, -0.25) is 0 Å². The molecule has 0 bridgehead atoms. The van der Waals surface area contributed by atoms with Gasteiger partial charge >= 0.3 is 0 Å². The second-order valence-corrected chi connectivity index (χ2v) is 6.76. The Hall–Kier alpha value is -2.31. The van der Waals surface area contributed by atoms with E-state index < -0.39 is 0 Å². The summed E-state index contributed by atoms with van der Waals surface area (Å²) in [7, 11) is 5.72.